The average Bonchev–Trinajstić information content (AvgIpc) is 2.93. The van der Waals surface area contributed by atoms with Crippen molar-refractivity contribution in [3.63, 3.8) is 0 Å². The zero-order valence-electron chi connectivity index (χ0n) is 18.0. The second-order valence-electron chi connectivity index (χ2n) is 7.62. The van der Waals surface area contributed by atoms with Gasteiger partial charge in [0, 0.05) is 12.1 Å². The van der Waals surface area contributed by atoms with Gasteiger partial charge < -0.3 is 24.2 Å². The van der Waals surface area contributed by atoms with Crippen LogP contribution in [-0.2, 0) is 32.2 Å². The Hall–Kier alpha value is -3.16. The Labute approximate surface area is 181 Å². The summed E-state index contributed by atoms with van der Waals surface area (Å²) in [6.07, 6.45) is 0. The van der Waals surface area contributed by atoms with Crippen LogP contribution in [0.3, 0.4) is 0 Å². The quantitative estimate of drug-likeness (QED) is 0.517. The summed E-state index contributed by atoms with van der Waals surface area (Å²) in [7, 11) is 2.78. The van der Waals surface area contributed by atoms with E-state index in [1.807, 2.05) is 30.3 Å². The van der Waals surface area contributed by atoms with Crippen molar-refractivity contribution >= 4 is 11.9 Å². The highest BCUT2D eigenvalue weighted by molar-refractivity contribution is 6.05. The van der Waals surface area contributed by atoms with Crippen LogP contribution in [0.4, 0.5) is 0 Å². The number of rotatable bonds is 8. The Balaban J connectivity index is 1.96. The lowest BCUT2D eigenvalue weighted by atomic mass is 9.80. The van der Waals surface area contributed by atoms with Gasteiger partial charge in [0.05, 0.1) is 27.4 Å². The number of carbonyl (C=O) groups is 2. The predicted molar refractivity (Wildman–Crippen MR) is 114 cm³/mol. The summed E-state index contributed by atoms with van der Waals surface area (Å²) in [6, 6.07) is 16.5. The summed E-state index contributed by atoms with van der Waals surface area (Å²) >= 11 is 0. The number of hydrogen-bond acceptors (Lipinski definition) is 6. The highest BCUT2D eigenvalue weighted by atomic mass is 16.5. The third-order valence-electron chi connectivity index (χ3n) is 5.80. The first-order valence-corrected chi connectivity index (χ1v) is 9.84. The Bertz CT molecular complexity index is 954. The number of esters is 1. The lowest BCUT2D eigenvalue weighted by molar-refractivity contribution is -0.176. The number of benzene rings is 2. The molecule has 2 aromatic rings. The van der Waals surface area contributed by atoms with E-state index in [1.54, 1.807) is 31.4 Å². The van der Waals surface area contributed by atoms with Crippen LogP contribution in [0.5, 0.6) is 5.75 Å². The summed E-state index contributed by atoms with van der Waals surface area (Å²) in [4.78, 5) is 27.5. The molecule has 31 heavy (non-hydrogen) atoms. The summed E-state index contributed by atoms with van der Waals surface area (Å²) < 4.78 is 16.1. The molecule has 0 unspecified atom stereocenters. The molecule has 2 aromatic carbocycles. The van der Waals surface area contributed by atoms with E-state index in [4.69, 9.17) is 14.2 Å². The van der Waals surface area contributed by atoms with Gasteiger partial charge in [0.2, 0.25) is 0 Å². The van der Waals surface area contributed by atoms with Gasteiger partial charge in [0.15, 0.2) is 5.54 Å². The zero-order valence-corrected chi connectivity index (χ0v) is 18.0. The number of likely N-dealkylation sites (tertiary alicyclic amines) is 1. The fourth-order valence-corrected chi connectivity index (χ4v) is 3.82. The molecule has 3 rings (SSSR count). The molecule has 1 N–H and O–H groups in total. The molecule has 0 aliphatic carbocycles. The van der Waals surface area contributed by atoms with E-state index in [2.05, 4.69) is 6.58 Å². The van der Waals surface area contributed by atoms with Gasteiger partial charge in [-0.05, 0) is 30.2 Å². The van der Waals surface area contributed by atoms with Gasteiger partial charge in [-0.1, -0.05) is 49.0 Å². The normalized spacial score (nSPS) is 23.2. The van der Waals surface area contributed by atoms with E-state index in [0.29, 0.717) is 5.75 Å². The third-order valence-corrected chi connectivity index (χ3v) is 5.80. The smallest absolute Gasteiger partial charge is 0.337 e. The summed E-state index contributed by atoms with van der Waals surface area (Å²) in [5.74, 6) is -0.640. The average molecular weight is 425 g/mol. The van der Waals surface area contributed by atoms with E-state index < -0.39 is 23.0 Å². The summed E-state index contributed by atoms with van der Waals surface area (Å²) in [5.41, 5.74) is -2.12. The van der Waals surface area contributed by atoms with Crippen molar-refractivity contribution in [2.24, 2.45) is 0 Å². The summed E-state index contributed by atoms with van der Waals surface area (Å²) in [5, 5.41) is 11.3. The fraction of sp³-hybridized carbons (Fsp3) is 0.333. The van der Waals surface area contributed by atoms with E-state index in [9.17, 15) is 14.7 Å². The molecule has 0 bridgehead atoms. The molecule has 7 heteroatoms. The molecular formula is C24H27NO6. The molecular weight excluding hydrogens is 398 g/mol. The van der Waals surface area contributed by atoms with E-state index in [-0.39, 0.29) is 25.3 Å². The molecule has 1 heterocycles. The maximum atomic E-state index is 13.1. The maximum Gasteiger partial charge on any atom is 0.337 e. The fourth-order valence-electron chi connectivity index (χ4n) is 3.82. The Kier molecular flexibility index (Phi) is 6.48. The number of hydrogen-bond donors (Lipinski definition) is 1. The largest absolute Gasteiger partial charge is 0.497 e. The first-order valence-electron chi connectivity index (χ1n) is 9.84. The molecule has 164 valence electrons. The van der Waals surface area contributed by atoms with Crippen LogP contribution < -0.4 is 4.74 Å². The molecule has 7 nitrogen and oxygen atoms in total. The number of carbonyl (C=O) groups excluding carboxylic acids is 2. The Morgan fingerprint density at radius 2 is 1.71 bits per heavy atom. The molecule has 1 aliphatic rings. The van der Waals surface area contributed by atoms with Crippen LogP contribution in [0.15, 0.2) is 66.7 Å². The maximum absolute atomic E-state index is 13.1. The molecule has 0 radical (unpaired) electrons. The topological polar surface area (TPSA) is 85.3 Å². The van der Waals surface area contributed by atoms with Crippen LogP contribution in [0, 0.1) is 0 Å². The second kappa shape index (κ2) is 8.91. The minimum absolute atomic E-state index is 0.0573. The van der Waals surface area contributed by atoms with Crippen molar-refractivity contribution in [2.45, 2.75) is 31.2 Å². The van der Waals surface area contributed by atoms with Crippen molar-refractivity contribution in [1.29, 1.82) is 0 Å². The van der Waals surface area contributed by atoms with Crippen LogP contribution in [0.25, 0.3) is 0 Å². The highest BCUT2D eigenvalue weighted by Crippen LogP contribution is 2.44. The molecule has 1 saturated heterocycles. The Morgan fingerprint density at radius 3 is 2.29 bits per heavy atom. The van der Waals surface area contributed by atoms with Crippen LogP contribution in [-0.4, -0.2) is 53.8 Å². The van der Waals surface area contributed by atoms with E-state index in [0.717, 1.165) is 11.1 Å². The van der Waals surface area contributed by atoms with Crippen molar-refractivity contribution in [1.82, 2.24) is 4.90 Å². The third kappa shape index (κ3) is 3.94. The van der Waals surface area contributed by atoms with Crippen LogP contribution >= 0.6 is 0 Å². The van der Waals surface area contributed by atoms with Gasteiger partial charge >= 0.3 is 5.97 Å². The molecule has 0 aromatic heterocycles. The van der Waals surface area contributed by atoms with E-state index >= 15 is 0 Å². The Morgan fingerprint density at radius 1 is 1.06 bits per heavy atom. The monoisotopic (exact) mass is 425 g/mol. The molecule has 2 atom stereocenters. The van der Waals surface area contributed by atoms with Gasteiger partial charge in [0.25, 0.3) is 5.91 Å². The molecule has 1 aliphatic heterocycles. The molecule has 0 spiro atoms. The lowest BCUT2D eigenvalue weighted by Crippen LogP contribution is -2.65. The van der Waals surface area contributed by atoms with Crippen LogP contribution in [0.1, 0.15) is 18.1 Å². The standard InChI is InChI=1S/C24H27NO6/c1-17-21(26)25(14-18-10-12-20(29-3)13-11-18)24(22(27)30-4,23(17,2)28)16-31-15-19-8-6-5-7-9-19/h5-13,28H,1,14-16H2,2-4H3/t23-,24-/m1/s1. The number of nitrogens with zero attached hydrogens (tertiary/aromatic N) is 1. The number of ether oxygens (including phenoxy) is 3. The van der Waals surface area contributed by atoms with Crippen molar-refractivity contribution in [3.05, 3.63) is 77.9 Å². The molecule has 1 amide bonds. The minimum atomic E-state index is -1.89. The predicted octanol–water partition coefficient (Wildman–Crippen LogP) is 2.47. The number of aliphatic hydroxyl groups is 1. The van der Waals surface area contributed by atoms with Gasteiger partial charge in [-0.3, -0.25) is 4.79 Å². The lowest BCUT2D eigenvalue weighted by Gasteiger charge is -2.41. The van der Waals surface area contributed by atoms with Crippen molar-refractivity contribution in [3.8, 4) is 5.75 Å². The van der Waals surface area contributed by atoms with Crippen molar-refractivity contribution < 1.29 is 28.9 Å². The van der Waals surface area contributed by atoms with Gasteiger partial charge in [-0.2, -0.15) is 0 Å². The van der Waals surface area contributed by atoms with Gasteiger partial charge in [0.1, 0.15) is 11.4 Å². The number of methoxy groups -OCH3 is 2. The SMILES string of the molecule is C=C1C(=O)N(Cc2ccc(OC)cc2)[C@](COCc2ccccc2)(C(=O)OC)[C@]1(C)O. The first kappa shape index (κ1) is 22.5. The van der Waals surface area contributed by atoms with Crippen LogP contribution in [0.2, 0.25) is 0 Å². The second-order valence-corrected chi connectivity index (χ2v) is 7.62. The highest BCUT2D eigenvalue weighted by Gasteiger charge is 2.67. The molecule has 0 saturated carbocycles. The zero-order chi connectivity index (χ0) is 22.6. The first-order chi connectivity index (χ1) is 14.8. The van der Waals surface area contributed by atoms with Gasteiger partial charge in [-0.25, -0.2) is 4.79 Å². The number of amides is 1. The van der Waals surface area contributed by atoms with Crippen molar-refractivity contribution in [2.75, 3.05) is 20.8 Å². The summed E-state index contributed by atoms with van der Waals surface area (Å²) in [6.45, 7) is 5.15. The minimum Gasteiger partial charge on any atom is -0.497 e. The van der Waals surface area contributed by atoms with Gasteiger partial charge in [-0.15, -0.1) is 0 Å². The van der Waals surface area contributed by atoms with E-state index in [1.165, 1.54) is 18.9 Å². The molecule has 1 fully saturated rings.